The highest BCUT2D eigenvalue weighted by molar-refractivity contribution is 5.84. The highest BCUT2D eigenvalue weighted by Crippen LogP contribution is 2.29. The van der Waals surface area contributed by atoms with Crippen LogP contribution in [0.5, 0.6) is 0 Å². The first kappa shape index (κ1) is 10.7. The molecule has 2 rings (SSSR count). The first-order chi connectivity index (χ1) is 7.76. The highest BCUT2D eigenvalue weighted by atomic mass is 19.1. The number of fused-ring (bicyclic) bond motifs is 1. The number of aromatic amines is 1. The third-order valence-corrected chi connectivity index (χ3v) is 2.78. The average Bonchev–Trinajstić information content (AvgIpc) is 2.69. The molecule has 1 atom stereocenters. The quantitative estimate of drug-likeness (QED) is 0.737. The molecule has 2 aromatic rings. The molecule has 0 bridgehead atoms. The van der Waals surface area contributed by atoms with Gasteiger partial charge in [-0.15, -0.1) is 13.2 Å². The van der Waals surface area contributed by atoms with Gasteiger partial charge in [0.25, 0.3) is 0 Å². The zero-order chi connectivity index (χ0) is 11.5. The van der Waals surface area contributed by atoms with Crippen molar-refractivity contribution in [2.45, 2.75) is 12.3 Å². The van der Waals surface area contributed by atoms with Gasteiger partial charge in [-0.3, -0.25) is 0 Å². The lowest BCUT2D eigenvalue weighted by Crippen LogP contribution is -1.91. The summed E-state index contributed by atoms with van der Waals surface area (Å²) in [5.41, 5.74) is 2.02. The molecule has 0 saturated heterocycles. The van der Waals surface area contributed by atoms with Crippen LogP contribution >= 0.6 is 0 Å². The van der Waals surface area contributed by atoms with Gasteiger partial charge in [0.2, 0.25) is 0 Å². The molecule has 0 aliphatic carbocycles. The van der Waals surface area contributed by atoms with E-state index >= 15 is 0 Å². The summed E-state index contributed by atoms with van der Waals surface area (Å²) in [6.07, 6.45) is 6.45. The monoisotopic (exact) mass is 215 g/mol. The molecule has 0 aliphatic rings. The molecule has 2 heteroatoms. The van der Waals surface area contributed by atoms with E-state index in [-0.39, 0.29) is 11.7 Å². The summed E-state index contributed by atoms with van der Waals surface area (Å²) in [7, 11) is 0. The molecule has 0 amide bonds. The van der Waals surface area contributed by atoms with E-state index in [4.69, 9.17) is 0 Å². The molecule has 1 N–H and O–H groups in total. The Balaban J connectivity index is 2.54. The Morgan fingerprint density at radius 3 is 2.88 bits per heavy atom. The van der Waals surface area contributed by atoms with E-state index in [1.165, 1.54) is 6.07 Å². The minimum atomic E-state index is -0.213. The fraction of sp³-hybridized carbons (Fsp3) is 0.143. The van der Waals surface area contributed by atoms with Crippen molar-refractivity contribution in [3.05, 3.63) is 61.1 Å². The third kappa shape index (κ3) is 1.78. The number of benzene rings is 1. The Morgan fingerprint density at radius 1 is 1.38 bits per heavy atom. The molecule has 1 heterocycles. The second-order valence-electron chi connectivity index (χ2n) is 3.80. The van der Waals surface area contributed by atoms with Crippen LogP contribution in [0.25, 0.3) is 10.9 Å². The third-order valence-electron chi connectivity index (χ3n) is 2.78. The van der Waals surface area contributed by atoms with E-state index in [2.05, 4.69) is 18.1 Å². The minimum absolute atomic E-state index is 0.188. The van der Waals surface area contributed by atoms with Crippen molar-refractivity contribution < 1.29 is 4.39 Å². The number of rotatable bonds is 4. The summed E-state index contributed by atoms with van der Waals surface area (Å²) in [5, 5.41) is 0.923. The number of hydrogen-bond acceptors (Lipinski definition) is 0. The fourth-order valence-corrected chi connectivity index (χ4v) is 1.95. The Hall–Kier alpha value is -1.83. The molecule has 1 unspecified atom stereocenters. The maximum absolute atomic E-state index is 13.2. The maximum atomic E-state index is 13.2. The molecule has 82 valence electrons. The molecular formula is C14H14FN. The van der Waals surface area contributed by atoms with Gasteiger partial charge in [0.05, 0.1) is 0 Å². The van der Waals surface area contributed by atoms with Gasteiger partial charge in [0, 0.05) is 23.0 Å². The summed E-state index contributed by atoms with van der Waals surface area (Å²) >= 11 is 0. The van der Waals surface area contributed by atoms with Gasteiger partial charge in [0.15, 0.2) is 0 Å². The Kier molecular flexibility index (Phi) is 2.91. The second kappa shape index (κ2) is 4.35. The van der Waals surface area contributed by atoms with Gasteiger partial charge in [-0.25, -0.2) is 4.39 Å². The van der Waals surface area contributed by atoms with Crippen molar-refractivity contribution in [3.63, 3.8) is 0 Å². The van der Waals surface area contributed by atoms with E-state index in [1.807, 2.05) is 18.3 Å². The number of allylic oxidation sites excluding steroid dienone is 2. The Bertz CT molecular complexity index is 525. The SMILES string of the molecule is C=CCC(C=C)c1c[nH]c2ccc(F)cc12. The van der Waals surface area contributed by atoms with E-state index in [9.17, 15) is 4.39 Å². The Morgan fingerprint density at radius 2 is 2.19 bits per heavy atom. The topological polar surface area (TPSA) is 15.8 Å². The summed E-state index contributed by atoms with van der Waals surface area (Å²) in [5.74, 6) is -0.0252. The molecule has 0 spiro atoms. The van der Waals surface area contributed by atoms with Crippen LogP contribution in [-0.4, -0.2) is 4.98 Å². The molecule has 0 saturated carbocycles. The number of hydrogen-bond donors (Lipinski definition) is 1. The number of H-pyrrole nitrogens is 1. The van der Waals surface area contributed by atoms with E-state index < -0.39 is 0 Å². The van der Waals surface area contributed by atoms with Crippen LogP contribution in [0.1, 0.15) is 17.9 Å². The van der Waals surface area contributed by atoms with Gasteiger partial charge < -0.3 is 4.98 Å². The van der Waals surface area contributed by atoms with E-state index in [0.717, 1.165) is 22.9 Å². The van der Waals surface area contributed by atoms with Gasteiger partial charge in [-0.1, -0.05) is 12.2 Å². The molecule has 1 aromatic carbocycles. The van der Waals surface area contributed by atoms with Crippen LogP contribution in [-0.2, 0) is 0 Å². The van der Waals surface area contributed by atoms with Crippen LogP contribution in [0.15, 0.2) is 49.7 Å². The summed E-state index contributed by atoms with van der Waals surface area (Å²) in [4.78, 5) is 3.14. The molecule has 0 radical (unpaired) electrons. The van der Waals surface area contributed by atoms with Crippen LogP contribution < -0.4 is 0 Å². The van der Waals surface area contributed by atoms with E-state index in [0.29, 0.717) is 0 Å². The predicted molar refractivity (Wildman–Crippen MR) is 66.0 cm³/mol. The summed E-state index contributed by atoms with van der Waals surface area (Å²) in [6.45, 7) is 7.53. The first-order valence-electron chi connectivity index (χ1n) is 5.26. The lowest BCUT2D eigenvalue weighted by atomic mass is 9.95. The van der Waals surface area contributed by atoms with Gasteiger partial charge in [0.1, 0.15) is 5.82 Å². The van der Waals surface area contributed by atoms with Crippen LogP contribution in [0.3, 0.4) is 0 Å². The van der Waals surface area contributed by atoms with Crippen molar-refractivity contribution >= 4 is 10.9 Å². The molecule has 0 fully saturated rings. The summed E-state index contributed by atoms with van der Waals surface area (Å²) in [6, 6.07) is 4.77. The Labute approximate surface area is 94.3 Å². The van der Waals surface area contributed by atoms with E-state index in [1.54, 1.807) is 12.1 Å². The van der Waals surface area contributed by atoms with Gasteiger partial charge in [-0.2, -0.15) is 0 Å². The van der Waals surface area contributed by atoms with Crippen LogP contribution in [0, 0.1) is 5.82 Å². The van der Waals surface area contributed by atoms with Crippen molar-refractivity contribution in [1.29, 1.82) is 0 Å². The van der Waals surface area contributed by atoms with Crippen LogP contribution in [0.2, 0.25) is 0 Å². The lowest BCUT2D eigenvalue weighted by Gasteiger charge is -2.08. The molecule has 16 heavy (non-hydrogen) atoms. The highest BCUT2D eigenvalue weighted by Gasteiger charge is 2.11. The first-order valence-corrected chi connectivity index (χ1v) is 5.26. The van der Waals surface area contributed by atoms with Crippen LogP contribution in [0.4, 0.5) is 4.39 Å². The average molecular weight is 215 g/mol. The fourth-order valence-electron chi connectivity index (χ4n) is 1.95. The zero-order valence-corrected chi connectivity index (χ0v) is 9.04. The molecule has 1 nitrogen and oxygen atoms in total. The summed E-state index contributed by atoms with van der Waals surface area (Å²) < 4.78 is 13.2. The van der Waals surface area contributed by atoms with Crippen molar-refractivity contribution in [3.8, 4) is 0 Å². The number of nitrogens with one attached hydrogen (secondary N) is 1. The standard InChI is InChI=1S/C14H14FN/c1-3-5-10(4-2)13-9-16-14-7-6-11(15)8-12(13)14/h3-4,6-10,16H,1-2,5H2. The van der Waals surface area contributed by atoms with Gasteiger partial charge >= 0.3 is 0 Å². The molecule has 0 aliphatic heterocycles. The second-order valence-corrected chi connectivity index (χ2v) is 3.80. The molecular weight excluding hydrogens is 201 g/mol. The van der Waals surface area contributed by atoms with Crippen molar-refractivity contribution in [1.82, 2.24) is 4.98 Å². The number of halogens is 1. The molecule has 1 aromatic heterocycles. The zero-order valence-electron chi connectivity index (χ0n) is 9.04. The normalized spacial score (nSPS) is 12.6. The minimum Gasteiger partial charge on any atom is -0.361 e. The largest absolute Gasteiger partial charge is 0.361 e. The predicted octanol–water partition coefficient (Wildman–Crippen LogP) is 4.15. The van der Waals surface area contributed by atoms with Crippen molar-refractivity contribution in [2.24, 2.45) is 0 Å². The number of aromatic nitrogens is 1. The smallest absolute Gasteiger partial charge is 0.123 e. The maximum Gasteiger partial charge on any atom is 0.123 e. The van der Waals surface area contributed by atoms with Gasteiger partial charge in [-0.05, 0) is 30.2 Å². The van der Waals surface area contributed by atoms with Crippen molar-refractivity contribution in [2.75, 3.05) is 0 Å². The lowest BCUT2D eigenvalue weighted by molar-refractivity contribution is 0.629.